The monoisotopic (exact) mass is 574 g/mol. The third kappa shape index (κ3) is 9.54. The number of unbranched alkanes of at least 4 members (excludes halogenated alkanes) is 1. The number of nitrogens with zero attached hydrogens (tertiary/aromatic N) is 1. The fraction of sp³-hybridized carbons (Fsp3) is 0.333. The van der Waals surface area contributed by atoms with Crippen molar-refractivity contribution in [3.05, 3.63) is 99.0 Å². The van der Waals surface area contributed by atoms with E-state index in [2.05, 4.69) is 12.2 Å². The molecule has 1 N–H and O–H groups in total. The molecule has 0 aliphatic rings. The molecular weight excluding hydrogens is 543 g/mol. The zero-order chi connectivity index (χ0) is 27.3. The molecule has 202 valence electrons. The number of hydrogen-bond donors (Lipinski definition) is 1. The molecule has 1 unspecified atom stereocenters. The summed E-state index contributed by atoms with van der Waals surface area (Å²) < 4.78 is 5.77. The van der Waals surface area contributed by atoms with Gasteiger partial charge in [-0.05, 0) is 60.4 Å². The normalized spacial score (nSPS) is 11.6. The molecule has 3 aromatic carbocycles. The fourth-order valence-corrected chi connectivity index (χ4v) is 4.43. The van der Waals surface area contributed by atoms with Crippen molar-refractivity contribution in [1.29, 1.82) is 0 Å². The van der Waals surface area contributed by atoms with E-state index >= 15 is 0 Å². The molecule has 0 saturated heterocycles. The van der Waals surface area contributed by atoms with Gasteiger partial charge in [0, 0.05) is 31.0 Å². The smallest absolute Gasteiger partial charge is 0.243 e. The van der Waals surface area contributed by atoms with Gasteiger partial charge in [-0.3, -0.25) is 9.59 Å². The highest BCUT2D eigenvalue weighted by Crippen LogP contribution is 2.25. The lowest BCUT2D eigenvalue weighted by Gasteiger charge is -2.32. The highest BCUT2D eigenvalue weighted by molar-refractivity contribution is 6.42. The Morgan fingerprint density at radius 2 is 1.63 bits per heavy atom. The van der Waals surface area contributed by atoms with Crippen LogP contribution in [0.2, 0.25) is 15.1 Å². The molecule has 1 atom stereocenters. The first-order valence-corrected chi connectivity index (χ1v) is 13.9. The van der Waals surface area contributed by atoms with Gasteiger partial charge in [-0.2, -0.15) is 0 Å². The molecule has 8 heteroatoms. The van der Waals surface area contributed by atoms with Gasteiger partial charge in [0.15, 0.2) is 0 Å². The molecule has 0 bridgehead atoms. The Morgan fingerprint density at radius 1 is 0.895 bits per heavy atom. The van der Waals surface area contributed by atoms with Crippen molar-refractivity contribution < 1.29 is 14.3 Å². The molecule has 0 aromatic heterocycles. The fourth-order valence-electron chi connectivity index (χ4n) is 3.98. The van der Waals surface area contributed by atoms with E-state index in [1.54, 1.807) is 41.3 Å². The van der Waals surface area contributed by atoms with Gasteiger partial charge in [-0.25, -0.2) is 0 Å². The van der Waals surface area contributed by atoms with E-state index in [0.717, 1.165) is 24.0 Å². The number of benzene rings is 3. The molecule has 2 amide bonds. The van der Waals surface area contributed by atoms with E-state index < -0.39 is 6.04 Å². The van der Waals surface area contributed by atoms with Crippen molar-refractivity contribution in [3.63, 3.8) is 0 Å². The Kier molecular flexibility index (Phi) is 12.3. The van der Waals surface area contributed by atoms with Gasteiger partial charge >= 0.3 is 0 Å². The molecule has 3 aromatic rings. The van der Waals surface area contributed by atoms with Crippen LogP contribution in [-0.2, 0) is 22.6 Å². The summed E-state index contributed by atoms with van der Waals surface area (Å²) in [5.41, 5.74) is 1.77. The summed E-state index contributed by atoms with van der Waals surface area (Å²) in [4.78, 5) is 28.7. The van der Waals surface area contributed by atoms with E-state index in [1.807, 2.05) is 36.4 Å². The number of halogens is 3. The largest absolute Gasteiger partial charge is 0.494 e. The third-order valence-corrected chi connectivity index (χ3v) is 7.05. The van der Waals surface area contributed by atoms with Crippen molar-refractivity contribution in [2.45, 2.75) is 51.6 Å². The number of nitrogens with one attached hydrogen (secondary N) is 1. The maximum Gasteiger partial charge on any atom is 0.243 e. The average Bonchev–Trinajstić information content (AvgIpc) is 2.92. The number of amides is 2. The summed E-state index contributed by atoms with van der Waals surface area (Å²) in [5, 5.41) is 4.49. The summed E-state index contributed by atoms with van der Waals surface area (Å²) in [5.74, 6) is 0.377. The van der Waals surface area contributed by atoms with Crippen molar-refractivity contribution in [2.75, 3.05) is 13.2 Å². The number of rotatable bonds is 14. The Balaban J connectivity index is 1.79. The Hall–Kier alpha value is -2.73. The number of carbonyl (C=O) groups excluding carboxylic acids is 2. The minimum atomic E-state index is -0.687. The van der Waals surface area contributed by atoms with E-state index in [1.165, 1.54) is 0 Å². The topological polar surface area (TPSA) is 58.6 Å². The second-order valence-electron chi connectivity index (χ2n) is 9.03. The minimum absolute atomic E-state index is 0.137. The van der Waals surface area contributed by atoms with E-state index in [0.29, 0.717) is 46.8 Å². The Labute approximate surface area is 240 Å². The first kappa shape index (κ1) is 29.8. The first-order valence-electron chi connectivity index (χ1n) is 12.8. The van der Waals surface area contributed by atoms with Gasteiger partial charge in [0.2, 0.25) is 11.8 Å². The van der Waals surface area contributed by atoms with E-state index in [4.69, 9.17) is 39.5 Å². The van der Waals surface area contributed by atoms with Crippen LogP contribution in [0.3, 0.4) is 0 Å². The molecular formula is C30H33Cl3N2O3. The first-order chi connectivity index (χ1) is 18.4. The molecule has 0 fully saturated rings. The number of hydrogen-bond acceptors (Lipinski definition) is 3. The summed E-state index contributed by atoms with van der Waals surface area (Å²) >= 11 is 18.3. The minimum Gasteiger partial charge on any atom is -0.494 e. The maximum atomic E-state index is 13.6. The summed E-state index contributed by atoms with van der Waals surface area (Å²) in [7, 11) is 0. The Bertz CT molecular complexity index is 1170. The van der Waals surface area contributed by atoms with Crippen LogP contribution in [0.4, 0.5) is 0 Å². The molecule has 0 spiro atoms. The molecule has 0 heterocycles. The number of carbonyl (C=O) groups is 2. The standard InChI is InChI=1S/C30H33Cl3N2O3/c1-2-3-17-34-30(37)28(20-22-8-5-4-6-9-22)35(21-23-11-16-26(32)27(33)19-23)29(36)10-7-18-38-25-14-12-24(31)13-15-25/h4-6,8-9,11-16,19,28H,2-3,7,10,17-18,20-21H2,1H3,(H,34,37). The summed E-state index contributed by atoms with van der Waals surface area (Å²) in [6, 6.07) is 21.4. The van der Waals surface area contributed by atoms with Crippen LogP contribution in [0.25, 0.3) is 0 Å². The highest BCUT2D eigenvalue weighted by Gasteiger charge is 2.30. The number of ether oxygens (including phenoxy) is 1. The summed E-state index contributed by atoms with van der Waals surface area (Å²) in [6.45, 7) is 3.22. The van der Waals surface area contributed by atoms with Gasteiger partial charge in [0.25, 0.3) is 0 Å². The summed E-state index contributed by atoms with van der Waals surface area (Å²) in [6.07, 6.45) is 2.94. The van der Waals surface area contributed by atoms with E-state index in [9.17, 15) is 9.59 Å². The Morgan fingerprint density at radius 3 is 2.32 bits per heavy atom. The molecule has 3 rings (SSSR count). The molecule has 0 saturated carbocycles. The van der Waals surface area contributed by atoms with Gasteiger partial charge in [-0.1, -0.05) is 84.5 Å². The van der Waals surface area contributed by atoms with Gasteiger partial charge in [0.1, 0.15) is 11.8 Å². The average molecular weight is 576 g/mol. The zero-order valence-electron chi connectivity index (χ0n) is 21.5. The van der Waals surface area contributed by atoms with Gasteiger partial charge in [-0.15, -0.1) is 0 Å². The predicted octanol–water partition coefficient (Wildman–Crippen LogP) is 7.36. The lowest BCUT2D eigenvalue weighted by Crippen LogP contribution is -2.50. The van der Waals surface area contributed by atoms with Crippen LogP contribution < -0.4 is 10.1 Å². The van der Waals surface area contributed by atoms with Crippen LogP contribution in [-0.4, -0.2) is 35.9 Å². The maximum absolute atomic E-state index is 13.6. The SMILES string of the molecule is CCCCNC(=O)C(Cc1ccccc1)N(Cc1ccc(Cl)c(Cl)c1)C(=O)CCCOc1ccc(Cl)cc1. The van der Waals surface area contributed by atoms with Crippen LogP contribution in [0.1, 0.15) is 43.7 Å². The van der Waals surface area contributed by atoms with Crippen molar-refractivity contribution in [1.82, 2.24) is 10.2 Å². The van der Waals surface area contributed by atoms with E-state index in [-0.39, 0.29) is 24.8 Å². The molecule has 0 aliphatic heterocycles. The molecule has 5 nitrogen and oxygen atoms in total. The second-order valence-corrected chi connectivity index (χ2v) is 10.3. The van der Waals surface area contributed by atoms with Gasteiger partial charge < -0.3 is 15.0 Å². The second kappa shape index (κ2) is 15.6. The molecule has 0 aliphatic carbocycles. The third-order valence-electron chi connectivity index (χ3n) is 6.05. The van der Waals surface area contributed by atoms with Crippen molar-refractivity contribution in [2.24, 2.45) is 0 Å². The van der Waals surface area contributed by atoms with Crippen molar-refractivity contribution >= 4 is 46.6 Å². The van der Waals surface area contributed by atoms with Gasteiger partial charge in [0.05, 0.1) is 16.7 Å². The lowest BCUT2D eigenvalue weighted by atomic mass is 10.0. The predicted molar refractivity (Wildman–Crippen MR) is 155 cm³/mol. The zero-order valence-corrected chi connectivity index (χ0v) is 23.7. The lowest BCUT2D eigenvalue weighted by molar-refractivity contribution is -0.141. The quantitative estimate of drug-likeness (QED) is 0.204. The van der Waals surface area contributed by atoms with Crippen LogP contribution in [0.5, 0.6) is 5.75 Å². The van der Waals surface area contributed by atoms with Crippen LogP contribution in [0.15, 0.2) is 72.8 Å². The highest BCUT2D eigenvalue weighted by atomic mass is 35.5. The van der Waals surface area contributed by atoms with Crippen LogP contribution >= 0.6 is 34.8 Å². The molecule has 0 radical (unpaired) electrons. The molecule has 38 heavy (non-hydrogen) atoms. The van der Waals surface area contributed by atoms with Crippen LogP contribution in [0, 0.1) is 0 Å². The van der Waals surface area contributed by atoms with Crippen molar-refractivity contribution in [3.8, 4) is 5.75 Å².